The van der Waals surface area contributed by atoms with Gasteiger partial charge in [-0.3, -0.25) is 0 Å². The van der Waals surface area contributed by atoms with Crippen molar-refractivity contribution in [2.75, 3.05) is 19.8 Å². The van der Waals surface area contributed by atoms with Crippen LogP contribution in [0.4, 0.5) is 0 Å². The molecule has 1 atom stereocenters. The Balaban J connectivity index is 1.69. The predicted octanol–water partition coefficient (Wildman–Crippen LogP) is 4.29. The van der Waals surface area contributed by atoms with Crippen LogP contribution in [0, 0.1) is 0 Å². The van der Waals surface area contributed by atoms with Crippen LogP contribution in [0.25, 0.3) is 0 Å². The molecule has 0 radical (unpaired) electrons. The third kappa shape index (κ3) is 3.16. The molecule has 2 aromatic rings. The number of sulfonamides is 1. The van der Waals surface area contributed by atoms with E-state index in [-0.39, 0.29) is 16.0 Å². The lowest BCUT2D eigenvalue weighted by Gasteiger charge is -2.26. The van der Waals surface area contributed by atoms with Crippen molar-refractivity contribution in [2.24, 2.45) is 0 Å². The van der Waals surface area contributed by atoms with Gasteiger partial charge in [-0.05, 0) is 48.7 Å². The summed E-state index contributed by atoms with van der Waals surface area (Å²) in [6, 6.07) is 9.77. The van der Waals surface area contributed by atoms with E-state index in [4.69, 9.17) is 32.7 Å². The fourth-order valence-electron chi connectivity index (χ4n) is 3.40. The summed E-state index contributed by atoms with van der Waals surface area (Å²) in [5.74, 6) is 1.35. The average molecular weight is 414 g/mol. The summed E-state index contributed by atoms with van der Waals surface area (Å²) in [7, 11) is -3.68. The Labute approximate surface area is 162 Å². The molecule has 4 rings (SSSR count). The molecule has 2 aliphatic heterocycles. The van der Waals surface area contributed by atoms with E-state index in [9.17, 15) is 8.42 Å². The number of benzene rings is 2. The van der Waals surface area contributed by atoms with E-state index in [0.717, 1.165) is 18.4 Å². The maximum Gasteiger partial charge on any atom is 0.243 e. The standard InChI is InChI=1S/C18H17Cl2NO4S/c19-14-5-4-13(11-15(14)20)26(22,23)21-7-1-2-16(21)12-3-6-17-18(10-12)25-9-8-24-17/h3-6,10-11,16H,1-2,7-9H2/t16-/m0/s1. The third-order valence-corrected chi connectivity index (χ3v) is 7.30. The Morgan fingerprint density at radius 3 is 2.50 bits per heavy atom. The molecule has 0 amide bonds. The first-order chi connectivity index (χ1) is 12.5. The van der Waals surface area contributed by atoms with Gasteiger partial charge in [-0.1, -0.05) is 29.3 Å². The summed E-state index contributed by atoms with van der Waals surface area (Å²) in [6.45, 7) is 1.47. The van der Waals surface area contributed by atoms with Crippen LogP contribution in [0.3, 0.4) is 0 Å². The van der Waals surface area contributed by atoms with E-state index in [0.29, 0.717) is 36.3 Å². The number of nitrogens with zero attached hydrogens (tertiary/aromatic N) is 1. The molecule has 5 nitrogen and oxygen atoms in total. The number of fused-ring (bicyclic) bond motifs is 1. The summed E-state index contributed by atoms with van der Waals surface area (Å²) in [4.78, 5) is 0.149. The number of hydrogen-bond donors (Lipinski definition) is 0. The Morgan fingerprint density at radius 1 is 0.962 bits per heavy atom. The first kappa shape index (κ1) is 17.9. The van der Waals surface area contributed by atoms with Gasteiger partial charge in [0.1, 0.15) is 13.2 Å². The molecular formula is C18H17Cl2NO4S. The highest BCUT2D eigenvalue weighted by Crippen LogP contribution is 2.41. The highest BCUT2D eigenvalue weighted by atomic mass is 35.5. The van der Waals surface area contributed by atoms with Gasteiger partial charge in [0.2, 0.25) is 10.0 Å². The second-order valence-corrected chi connectivity index (χ2v) is 8.96. The minimum absolute atomic E-state index is 0.149. The Morgan fingerprint density at radius 2 is 1.73 bits per heavy atom. The molecule has 138 valence electrons. The van der Waals surface area contributed by atoms with Gasteiger partial charge in [0.05, 0.1) is 21.0 Å². The maximum absolute atomic E-state index is 13.1. The number of ether oxygens (including phenoxy) is 2. The largest absolute Gasteiger partial charge is 0.486 e. The van der Waals surface area contributed by atoms with Crippen molar-refractivity contribution in [3.05, 3.63) is 52.0 Å². The van der Waals surface area contributed by atoms with Gasteiger partial charge in [0.15, 0.2) is 11.5 Å². The van der Waals surface area contributed by atoms with Gasteiger partial charge in [0.25, 0.3) is 0 Å². The van der Waals surface area contributed by atoms with Crippen LogP contribution in [0.2, 0.25) is 10.0 Å². The smallest absolute Gasteiger partial charge is 0.243 e. The normalized spacial score (nSPS) is 20.3. The van der Waals surface area contributed by atoms with E-state index in [1.807, 2.05) is 18.2 Å². The third-order valence-electron chi connectivity index (χ3n) is 4.65. The van der Waals surface area contributed by atoms with Crippen molar-refractivity contribution < 1.29 is 17.9 Å². The van der Waals surface area contributed by atoms with E-state index in [1.165, 1.54) is 22.5 Å². The highest BCUT2D eigenvalue weighted by molar-refractivity contribution is 7.89. The molecule has 2 heterocycles. The molecule has 0 spiro atoms. The lowest BCUT2D eigenvalue weighted by molar-refractivity contribution is 0.171. The molecule has 8 heteroatoms. The molecule has 0 N–H and O–H groups in total. The van der Waals surface area contributed by atoms with Gasteiger partial charge < -0.3 is 9.47 Å². The van der Waals surface area contributed by atoms with Crippen molar-refractivity contribution in [3.63, 3.8) is 0 Å². The number of hydrogen-bond acceptors (Lipinski definition) is 4. The molecule has 1 fully saturated rings. The molecule has 1 saturated heterocycles. The second kappa shape index (κ2) is 6.93. The van der Waals surface area contributed by atoms with Crippen LogP contribution in [-0.4, -0.2) is 32.5 Å². The zero-order chi connectivity index (χ0) is 18.3. The lowest BCUT2D eigenvalue weighted by atomic mass is 10.0. The zero-order valence-electron chi connectivity index (χ0n) is 13.8. The van der Waals surface area contributed by atoms with Gasteiger partial charge >= 0.3 is 0 Å². The summed E-state index contributed by atoms with van der Waals surface area (Å²) >= 11 is 11.9. The minimum Gasteiger partial charge on any atom is -0.486 e. The van der Waals surface area contributed by atoms with E-state index in [1.54, 1.807) is 0 Å². The zero-order valence-corrected chi connectivity index (χ0v) is 16.1. The SMILES string of the molecule is O=S(=O)(c1ccc(Cl)c(Cl)c1)N1CCC[C@H]1c1ccc2c(c1)OCCO2. The van der Waals surface area contributed by atoms with Crippen LogP contribution < -0.4 is 9.47 Å². The fourth-order valence-corrected chi connectivity index (χ4v) is 5.47. The molecule has 0 aliphatic carbocycles. The number of rotatable bonds is 3. The van der Waals surface area contributed by atoms with Crippen molar-refractivity contribution in [1.82, 2.24) is 4.31 Å². The molecule has 26 heavy (non-hydrogen) atoms. The topological polar surface area (TPSA) is 55.8 Å². The van der Waals surface area contributed by atoms with E-state index in [2.05, 4.69) is 0 Å². The van der Waals surface area contributed by atoms with Gasteiger partial charge in [-0.2, -0.15) is 4.31 Å². The monoisotopic (exact) mass is 413 g/mol. The quantitative estimate of drug-likeness (QED) is 0.752. The minimum atomic E-state index is -3.68. The van der Waals surface area contributed by atoms with Crippen LogP contribution in [0.5, 0.6) is 11.5 Å². The lowest BCUT2D eigenvalue weighted by Crippen LogP contribution is -2.30. The highest BCUT2D eigenvalue weighted by Gasteiger charge is 2.36. The van der Waals surface area contributed by atoms with Crippen molar-refractivity contribution in [3.8, 4) is 11.5 Å². The van der Waals surface area contributed by atoms with Crippen molar-refractivity contribution in [2.45, 2.75) is 23.8 Å². The molecule has 2 aromatic carbocycles. The van der Waals surface area contributed by atoms with Crippen LogP contribution in [0.1, 0.15) is 24.4 Å². The predicted molar refractivity (Wildman–Crippen MR) is 99.8 cm³/mol. The summed E-state index contributed by atoms with van der Waals surface area (Å²) in [6.07, 6.45) is 1.54. The molecular weight excluding hydrogens is 397 g/mol. The van der Waals surface area contributed by atoms with Gasteiger partial charge in [0, 0.05) is 6.54 Å². The number of halogens is 2. The molecule has 2 aliphatic rings. The van der Waals surface area contributed by atoms with Gasteiger partial charge in [-0.25, -0.2) is 8.42 Å². The van der Waals surface area contributed by atoms with Crippen LogP contribution in [-0.2, 0) is 10.0 Å². The molecule has 0 aromatic heterocycles. The fraction of sp³-hybridized carbons (Fsp3) is 0.333. The first-order valence-electron chi connectivity index (χ1n) is 8.33. The van der Waals surface area contributed by atoms with Crippen LogP contribution in [0.15, 0.2) is 41.3 Å². The summed E-state index contributed by atoms with van der Waals surface area (Å²) in [5.41, 5.74) is 0.899. The molecule has 0 bridgehead atoms. The molecule has 0 unspecified atom stereocenters. The van der Waals surface area contributed by atoms with E-state index < -0.39 is 10.0 Å². The van der Waals surface area contributed by atoms with Crippen molar-refractivity contribution in [1.29, 1.82) is 0 Å². The summed E-state index contributed by atoms with van der Waals surface area (Å²) in [5, 5.41) is 0.554. The Kier molecular flexibility index (Phi) is 4.77. The Bertz CT molecular complexity index is 948. The van der Waals surface area contributed by atoms with Crippen molar-refractivity contribution >= 4 is 33.2 Å². The maximum atomic E-state index is 13.1. The Hall–Kier alpha value is -1.47. The van der Waals surface area contributed by atoms with Gasteiger partial charge in [-0.15, -0.1) is 0 Å². The average Bonchev–Trinajstić information content (AvgIpc) is 3.14. The molecule has 0 saturated carbocycles. The van der Waals surface area contributed by atoms with E-state index >= 15 is 0 Å². The second-order valence-electron chi connectivity index (χ2n) is 6.25. The van der Waals surface area contributed by atoms with Crippen LogP contribution >= 0.6 is 23.2 Å². The summed E-state index contributed by atoms with van der Waals surface area (Å²) < 4.78 is 39.0. The first-order valence-corrected chi connectivity index (χ1v) is 10.5.